The lowest BCUT2D eigenvalue weighted by atomic mass is 10.1. The summed E-state index contributed by atoms with van der Waals surface area (Å²) in [7, 11) is 0. The number of H-pyrrole nitrogens is 1. The number of aromatic amines is 1. The van der Waals surface area contributed by atoms with Gasteiger partial charge in [-0.05, 0) is 31.9 Å². The molecule has 0 radical (unpaired) electrons. The van der Waals surface area contributed by atoms with E-state index >= 15 is 0 Å². The van der Waals surface area contributed by atoms with Crippen molar-refractivity contribution in [3.05, 3.63) is 41.6 Å². The maximum absolute atomic E-state index is 12.2. The van der Waals surface area contributed by atoms with Crippen LogP contribution in [-0.2, 0) is 4.79 Å². The predicted molar refractivity (Wildman–Crippen MR) is 87.8 cm³/mol. The Hall–Kier alpha value is -2.63. The Bertz CT molecular complexity index is 707. The molecule has 0 aliphatic carbocycles. The van der Waals surface area contributed by atoms with Crippen molar-refractivity contribution >= 4 is 17.5 Å². The number of carbonyl (C=O) groups is 2. The van der Waals surface area contributed by atoms with Gasteiger partial charge in [0.05, 0.1) is 0 Å². The molecular formula is C17H21N3O3. The number of rotatable bonds is 6. The number of amides is 1. The molecule has 122 valence electrons. The fourth-order valence-electron chi connectivity index (χ4n) is 1.97. The highest BCUT2D eigenvalue weighted by atomic mass is 16.5. The van der Waals surface area contributed by atoms with Gasteiger partial charge in [-0.3, -0.25) is 14.7 Å². The molecule has 2 aromatic rings. The van der Waals surface area contributed by atoms with E-state index in [1.807, 2.05) is 13.8 Å². The number of hydrogen-bond acceptors (Lipinski definition) is 4. The largest absolute Gasteiger partial charge is 0.481 e. The van der Waals surface area contributed by atoms with E-state index < -0.39 is 6.10 Å². The van der Waals surface area contributed by atoms with Crippen molar-refractivity contribution in [1.29, 1.82) is 0 Å². The van der Waals surface area contributed by atoms with Crippen LogP contribution in [0.2, 0.25) is 0 Å². The zero-order valence-electron chi connectivity index (χ0n) is 13.7. The lowest BCUT2D eigenvalue weighted by Crippen LogP contribution is -2.30. The standard InChI is InChI=1S/C17H21N3O3/c1-10(2)15-9-16(20-19-15)18-17(22)12(4)23-14-7-5-6-13(8-14)11(3)21/h5-10,12H,1-4H3,(H2,18,19,20,22). The SMILES string of the molecule is CC(=O)c1cccc(OC(C)C(=O)Nc2cc(C(C)C)[nH]n2)c1. The molecule has 1 heterocycles. The molecule has 1 atom stereocenters. The second-order valence-electron chi connectivity index (χ2n) is 5.70. The number of benzene rings is 1. The number of nitrogens with one attached hydrogen (secondary N) is 2. The maximum atomic E-state index is 12.2. The number of ketones is 1. The van der Waals surface area contributed by atoms with Gasteiger partial charge in [0.15, 0.2) is 17.7 Å². The first-order chi connectivity index (χ1) is 10.9. The quantitative estimate of drug-likeness (QED) is 0.802. The first kappa shape index (κ1) is 16.7. The smallest absolute Gasteiger partial charge is 0.266 e. The third-order valence-corrected chi connectivity index (χ3v) is 3.39. The van der Waals surface area contributed by atoms with Crippen LogP contribution in [0.25, 0.3) is 0 Å². The van der Waals surface area contributed by atoms with E-state index in [0.29, 0.717) is 23.0 Å². The normalized spacial score (nSPS) is 12.0. The van der Waals surface area contributed by atoms with Crippen molar-refractivity contribution in [2.24, 2.45) is 0 Å². The zero-order chi connectivity index (χ0) is 17.0. The number of ether oxygens (including phenoxy) is 1. The topological polar surface area (TPSA) is 84.1 Å². The van der Waals surface area contributed by atoms with Crippen LogP contribution in [0, 0.1) is 0 Å². The molecule has 6 heteroatoms. The Labute approximate surface area is 135 Å². The van der Waals surface area contributed by atoms with Gasteiger partial charge >= 0.3 is 0 Å². The minimum atomic E-state index is -0.712. The second-order valence-corrected chi connectivity index (χ2v) is 5.70. The third kappa shape index (κ3) is 4.42. The van der Waals surface area contributed by atoms with E-state index in [4.69, 9.17) is 4.74 Å². The molecule has 0 aliphatic heterocycles. The third-order valence-electron chi connectivity index (χ3n) is 3.39. The van der Waals surface area contributed by atoms with Gasteiger partial charge in [-0.1, -0.05) is 26.0 Å². The van der Waals surface area contributed by atoms with Crippen LogP contribution >= 0.6 is 0 Å². The van der Waals surface area contributed by atoms with E-state index in [0.717, 1.165) is 5.69 Å². The summed E-state index contributed by atoms with van der Waals surface area (Å²) in [6, 6.07) is 8.56. The fraction of sp³-hybridized carbons (Fsp3) is 0.353. The summed E-state index contributed by atoms with van der Waals surface area (Å²) in [5.41, 5.74) is 1.49. The summed E-state index contributed by atoms with van der Waals surface area (Å²) < 4.78 is 5.59. The first-order valence-corrected chi connectivity index (χ1v) is 7.50. The summed E-state index contributed by atoms with van der Waals surface area (Å²) in [5.74, 6) is 0.887. The number of anilines is 1. The van der Waals surface area contributed by atoms with Gasteiger partial charge in [-0.25, -0.2) is 0 Å². The second kappa shape index (κ2) is 7.09. The maximum Gasteiger partial charge on any atom is 0.266 e. The van der Waals surface area contributed by atoms with Crippen LogP contribution in [0.1, 0.15) is 49.7 Å². The lowest BCUT2D eigenvalue weighted by molar-refractivity contribution is -0.122. The summed E-state index contributed by atoms with van der Waals surface area (Å²) in [5, 5.41) is 9.62. The monoisotopic (exact) mass is 315 g/mol. The Balaban J connectivity index is 1.99. The van der Waals surface area contributed by atoms with Crippen molar-refractivity contribution in [3.63, 3.8) is 0 Å². The molecule has 1 aromatic carbocycles. The van der Waals surface area contributed by atoms with E-state index in [9.17, 15) is 9.59 Å². The molecule has 2 rings (SSSR count). The molecule has 23 heavy (non-hydrogen) atoms. The van der Waals surface area contributed by atoms with Crippen molar-refractivity contribution in [2.45, 2.75) is 39.7 Å². The van der Waals surface area contributed by atoms with E-state index in [-0.39, 0.29) is 11.7 Å². The zero-order valence-corrected chi connectivity index (χ0v) is 13.7. The minimum absolute atomic E-state index is 0.0507. The van der Waals surface area contributed by atoms with Gasteiger partial charge in [0.1, 0.15) is 5.75 Å². The van der Waals surface area contributed by atoms with Crippen LogP contribution < -0.4 is 10.1 Å². The predicted octanol–water partition coefficient (Wildman–Crippen LogP) is 3.14. The number of aromatic nitrogens is 2. The van der Waals surface area contributed by atoms with Gasteiger partial charge in [-0.2, -0.15) is 5.10 Å². The van der Waals surface area contributed by atoms with Gasteiger partial charge in [0.25, 0.3) is 5.91 Å². The molecule has 0 aliphatic rings. The molecule has 1 amide bonds. The average molecular weight is 315 g/mol. The number of nitrogens with zero attached hydrogens (tertiary/aromatic N) is 1. The van der Waals surface area contributed by atoms with Crippen LogP contribution in [0.5, 0.6) is 5.75 Å². The van der Waals surface area contributed by atoms with E-state index in [1.54, 1.807) is 37.3 Å². The molecule has 0 saturated carbocycles. The molecule has 0 bridgehead atoms. The number of carbonyl (C=O) groups excluding carboxylic acids is 2. The van der Waals surface area contributed by atoms with Crippen LogP contribution in [0.4, 0.5) is 5.82 Å². The summed E-state index contributed by atoms with van der Waals surface area (Å²) in [6.07, 6.45) is -0.712. The van der Waals surface area contributed by atoms with Crippen LogP contribution in [0.3, 0.4) is 0 Å². The number of Topliss-reactive ketones (excluding diaryl/α,β-unsaturated/α-hetero) is 1. The van der Waals surface area contributed by atoms with Crippen molar-refractivity contribution in [3.8, 4) is 5.75 Å². The number of hydrogen-bond donors (Lipinski definition) is 2. The molecule has 2 N–H and O–H groups in total. The van der Waals surface area contributed by atoms with Crippen molar-refractivity contribution in [2.75, 3.05) is 5.32 Å². The van der Waals surface area contributed by atoms with Gasteiger partial charge in [0, 0.05) is 17.3 Å². The molecule has 6 nitrogen and oxygen atoms in total. The van der Waals surface area contributed by atoms with Gasteiger partial charge in [0.2, 0.25) is 0 Å². The van der Waals surface area contributed by atoms with Crippen molar-refractivity contribution in [1.82, 2.24) is 10.2 Å². The Morgan fingerprint density at radius 1 is 1.22 bits per heavy atom. The lowest BCUT2D eigenvalue weighted by Gasteiger charge is -2.14. The van der Waals surface area contributed by atoms with Crippen LogP contribution in [-0.4, -0.2) is 28.0 Å². The molecule has 1 unspecified atom stereocenters. The average Bonchev–Trinajstić information content (AvgIpc) is 2.96. The Kier molecular flexibility index (Phi) is 5.16. The fourth-order valence-corrected chi connectivity index (χ4v) is 1.97. The molecule has 0 fully saturated rings. The highest BCUT2D eigenvalue weighted by Gasteiger charge is 2.17. The Morgan fingerprint density at radius 2 is 1.96 bits per heavy atom. The molecular weight excluding hydrogens is 294 g/mol. The highest BCUT2D eigenvalue weighted by molar-refractivity contribution is 5.95. The van der Waals surface area contributed by atoms with E-state index in [1.165, 1.54) is 6.92 Å². The van der Waals surface area contributed by atoms with E-state index in [2.05, 4.69) is 15.5 Å². The highest BCUT2D eigenvalue weighted by Crippen LogP contribution is 2.17. The summed E-state index contributed by atoms with van der Waals surface area (Å²) in [4.78, 5) is 23.5. The minimum Gasteiger partial charge on any atom is -0.481 e. The Morgan fingerprint density at radius 3 is 2.57 bits per heavy atom. The molecule has 1 aromatic heterocycles. The van der Waals surface area contributed by atoms with Gasteiger partial charge in [-0.15, -0.1) is 0 Å². The summed E-state index contributed by atoms with van der Waals surface area (Å²) in [6.45, 7) is 7.20. The summed E-state index contributed by atoms with van der Waals surface area (Å²) >= 11 is 0. The van der Waals surface area contributed by atoms with Crippen LogP contribution in [0.15, 0.2) is 30.3 Å². The van der Waals surface area contributed by atoms with Gasteiger partial charge < -0.3 is 10.1 Å². The van der Waals surface area contributed by atoms with Crippen molar-refractivity contribution < 1.29 is 14.3 Å². The first-order valence-electron chi connectivity index (χ1n) is 7.50. The molecule has 0 saturated heterocycles. The molecule has 0 spiro atoms.